The van der Waals surface area contributed by atoms with Crippen molar-refractivity contribution in [1.82, 2.24) is 9.78 Å². The number of aliphatic carboxylic acids is 1. The van der Waals surface area contributed by atoms with Crippen LogP contribution in [0.4, 0.5) is 5.69 Å². The molecule has 92 valence electrons. The van der Waals surface area contributed by atoms with Gasteiger partial charge in [-0.2, -0.15) is 5.10 Å². The van der Waals surface area contributed by atoms with Gasteiger partial charge >= 0.3 is 5.97 Å². The number of carbonyl (C=O) groups is 2. The third kappa shape index (κ3) is 2.02. The normalized spacial score (nSPS) is 20.0. The van der Waals surface area contributed by atoms with E-state index >= 15 is 0 Å². The minimum absolute atomic E-state index is 0.0768. The Balaban J connectivity index is 2.28. The molecule has 0 spiro atoms. The second kappa shape index (κ2) is 4.20. The SMILES string of the molecule is CCc1nn(C)cc1N1CC(C(=O)O)CC1=O. The van der Waals surface area contributed by atoms with E-state index in [9.17, 15) is 9.59 Å². The van der Waals surface area contributed by atoms with E-state index in [0.717, 1.165) is 17.8 Å². The van der Waals surface area contributed by atoms with E-state index in [2.05, 4.69) is 5.10 Å². The van der Waals surface area contributed by atoms with Crippen molar-refractivity contribution in [3.8, 4) is 0 Å². The van der Waals surface area contributed by atoms with E-state index in [1.807, 2.05) is 6.92 Å². The highest BCUT2D eigenvalue weighted by molar-refractivity contribution is 5.99. The Morgan fingerprint density at radius 3 is 2.88 bits per heavy atom. The van der Waals surface area contributed by atoms with Gasteiger partial charge in [0.05, 0.1) is 17.3 Å². The van der Waals surface area contributed by atoms with Gasteiger partial charge < -0.3 is 10.0 Å². The maximum absolute atomic E-state index is 11.8. The molecule has 0 radical (unpaired) electrons. The molecule has 1 amide bonds. The fraction of sp³-hybridized carbons (Fsp3) is 0.545. The number of aromatic nitrogens is 2. The van der Waals surface area contributed by atoms with E-state index in [-0.39, 0.29) is 18.9 Å². The van der Waals surface area contributed by atoms with Crippen LogP contribution in [0.15, 0.2) is 6.20 Å². The average molecular weight is 237 g/mol. The van der Waals surface area contributed by atoms with Gasteiger partial charge in [0.15, 0.2) is 0 Å². The number of hydrogen-bond acceptors (Lipinski definition) is 3. The zero-order chi connectivity index (χ0) is 12.6. The average Bonchev–Trinajstić information content (AvgIpc) is 2.81. The van der Waals surface area contributed by atoms with Gasteiger partial charge in [-0.05, 0) is 6.42 Å². The molecule has 2 heterocycles. The van der Waals surface area contributed by atoms with Crippen LogP contribution in [0.1, 0.15) is 19.0 Å². The van der Waals surface area contributed by atoms with Crippen molar-refractivity contribution in [2.24, 2.45) is 13.0 Å². The lowest BCUT2D eigenvalue weighted by molar-refractivity contribution is -0.141. The van der Waals surface area contributed by atoms with E-state index in [4.69, 9.17) is 5.11 Å². The topological polar surface area (TPSA) is 75.4 Å². The predicted octanol–water partition coefficient (Wildman–Crippen LogP) is 0.420. The lowest BCUT2D eigenvalue weighted by Gasteiger charge is -2.14. The Morgan fingerprint density at radius 1 is 1.65 bits per heavy atom. The van der Waals surface area contributed by atoms with Crippen LogP contribution in [0.5, 0.6) is 0 Å². The van der Waals surface area contributed by atoms with Crippen molar-refractivity contribution in [3.63, 3.8) is 0 Å². The highest BCUT2D eigenvalue weighted by atomic mass is 16.4. The molecular formula is C11H15N3O3. The van der Waals surface area contributed by atoms with Crippen LogP contribution >= 0.6 is 0 Å². The molecule has 1 aromatic heterocycles. The summed E-state index contributed by atoms with van der Waals surface area (Å²) in [5, 5.41) is 13.2. The van der Waals surface area contributed by atoms with Crippen LogP contribution in [0.25, 0.3) is 0 Å². The van der Waals surface area contributed by atoms with Crippen molar-refractivity contribution >= 4 is 17.6 Å². The van der Waals surface area contributed by atoms with Crippen LogP contribution in [0.2, 0.25) is 0 Å². The van der Waals surface area contributed by atoms with Crippen LogP contribution in [-0.4, -0.2) is 33.3 Å². The molecule has 0 aromatic carbocycles. The third-order valence-electron chi connectivity index (χ3n) is 2.98. The molecule has 1 aliphatic heterocycles. The van der Waals surface area contributed by atoms with E-state index in [1.165, 1.54) is 4.90 Å². The molecule has 6 heteroatoms. The number of rotatable bonds is 3. The number of anilines is 1. The number of carbonyl (C=O) groups excluding carboxylic acids is 1. The van der Waals surface area contributed by atoms with Gasteiger partial charge in [0.25, 0.3) is 0 Å². The van der Waals surface area contributed by atoms with Crippen LogP contribution in [0, 0.1) is 5.92 Å². The van der Waals surface area contributed by atoms with Crippen molar-refractivity contribution < 1.29 is 14.7 Å². The number of carboxylic acid groups (broad SMARTS) is 1. The Morgan fingerprint density at radius 2 is 2.35 bits per heavy atom. The first kappa shape index (κ1) is 11.6. The summed E-state index contributed by atoms with van der Waals surface area (Å²) in [4.78, 5) is 24.2. The van der Waals surface area contributed by atoms with Crippen molar-refractivity contribution in [2.45, 2.75) is 19.8 Å². The monoisotopic (exact) mass is 237 g/mol. The van der Waals surface area contributed by atoms with Gasteiger partial charge in [0.1, 0.15) is 0 Å². The van der Waals surface area contributed by atoms with Crippen molar-refractivity contribution in [3.05, 3.63) is 11.9 Å². The van der Waals surface area contributed by atoms with Crippen molar-refractivity contribution in [2.75, 3.05) is 11.4 Å². The summed E-state index contributed by atoms with van der Waals surface area (Å²) in [6.07, 6.45) is 2.56. The van der Waals surface area contributed by atoms with Gasteiger partial charge in [0.2, 0.25) is 5.91 Å². The molecule has 6 nitrogen and oxygen atoms in total. The molecule has 17 heavy (non-hydrogen) atoms. The fourth-order valence-electron chi connectivity index (χ4n) is 2.11. The van der Waals surface area contributed by atoms with Crippen LogP contribution in [-0.2, 0) is 23.1 Å². The Bertz CT molecular complexity index is 467. The number of hydrogen-bond donors (Lipinski definition) is 1. The van der Waals surface area contributed by atoms with Crippen LogP contribution in [0.3, 0.4) is 0 Å². The lowest BCUT2D eigenvalue weighted by Crippen LogP contribution is -2.26. The molecular weight excluding hydrogens is 222 g/mol. The summed E-state index contributed by atoms with van der Waals surface area (Å²) in [5.74, 6) is -1.66. The Labute approximate surface area is 98.8 Å². The minimum Gasteiger partial charge on any atom is -0.481 e. The fourth-order valence-corrected chi connectivity index (χ4v) is 2.11. The van der Waals surface area contributed by atoms with Gasteiger partial charge in [-0.25, -0.2) is 0 Å². The molecule has 1 atom stereocenters. The molecule has 0 aliphatic carbocycles. The first-order valence-electron chi connectivity index (χ1n) is 5.58. The molecule has 1 fully saturated rings. The lowest BCUT2D eigenvalue weighted by atomic mass is 10.1. The van der Waals surface area contributed by atoms with Crippen molar-refractivity contribution in [1.29, 1.82) is 0 Å². The molecule has 1 unspecified atom stereocenters. The largest absolute Gasteiger partial charge is 0.481 e. The second-order valence-corrected chi connectivity index (χ2v) is 4.23. The molecule has 0 bridgehead atoms. The summed E-state index contributed by atoms with van der Waals surface area (Å²) in [6.45, 7) is 2.20. The Hall–Kier alpha value is -1.85. The second-order valence-electron chi connectivity index (χ2n) is 4.23. The van der Waals surface area contributed by atoms with E-state index in [0.29, 0.717) is 0 Å². The maximum Gasteiger partial charge on any atom is 0.308 e. The van der Waals surface area contributed by atoms with E-state index < -0.39 is 11.9 Å². The molecule has 1 N–H and O–H groups in total. The summed E-state index contributed by atoms with van der Waals surface area (Å²) < 4.78 is 1.65. The quantitative estimate of drug-likeness (QED) is 0.826. The van der Waals surface area contributed by atoms with Gasteiger partial charge in [0, 0.05) is 26.2 Å². The molecule has 1 aromatic rings. The number of nitrogens with zero attached hydrogens (tertiary/aromatic N) is 3. The Kier molecular flexibility index (Phi) is 2.87. The van der Waals surface area contributed by atoms with Gasteiger partial charge in [-0.1, -0.05) is 6.92 Å². The summed E-state index contributed by atoms with van der Waals surface area (Å²) in [6, 6.07) is 0. The number of aryl methyl sites for hydroxylation is 2. The summed E-state index contributed by atoms with van der Waals surface area (Å²) in [7, 11) is 1.79. The highest BCUT2D eigenvalue weighted by Gasteiger charge is 2.36. The minimum atomic E-state index is -0.914. The predicted molar refractivity (Wildman–Crippen MR) is 60.7 cm³/mol. The van der Waals surface area contributed by atoms with Gasteiger partial charge in [-0.3, -0.25) is 14.3 Å². The first-order valence-corrected chi connectivity index (χ1v) is 5.58. The zero-order valence-electron chi connectivity index (χ0n) is 9.88. The smallest absolute Gasteiger partial charge is 0.308 e. The highest BCUT2D eigenvalue weighted by Crippen LogP contribution is 2.27. The summed E-state index contributed by atoms with van der Waals surface area (Å²) in [5.41, 5.74) is 1.57. The number of carboxylic acids is 1. The standard InChI is InChI=1S/C11H15N3O3/c1-3-8-9(6-13(2)12-8)14-5-7(11(16)17)4-10(14)15/h6-7H,3-5H2,1-2H3,(H,16,17). The third-order valence-corrected chi connectivity index (χ3v) is 2.98. The summed E-state index contributed by atoms with van der Waals surface area (Å²) >= 11 is 0. The van der Waals surface area contributed by atoms with Gasteiger partial charge in [-0.15, -0.1) is 0 Å². The maximum atomic E-state index is 11.8. The molecule has 1 aliphatic rings. The zero-order valence-corrected chi connectivity index (χ0v) is 9.88. The number of amides is 1. The molecule has 2 rings (SSSR count). The van der Waals surface area contributed by atoms with Crippen LogP contribution < -0.4 is 4.90 Å². The molecule has 0 saturated carbocycles. The molecule has 1 saturated heterocycles. The first-order chi connectivity index (χ1) is 8.02. The van der Waals surface area contributed by atoms with E-state index in [1.54, 1.807) is 17.9 Å².